The normalized spacial score (nSPS) is 14.6. The van der Waals surface area contributed by atoms with Crippen molar-refractivity contribution < 1.29 is 9.32 Å². The van der Waals surface area contributed by atoms with Crippen molar-refractivity contribution >= 4 is 5.91 Å². The Balaban J connectivity index is 2.83. The van der Waals surface area contributed by atoms with E-state index in [1.54, 1.807) is 6.07 Å². The van der Waals surface area contributed by atoms with Crippen LogP contribution in [0.15, 0.2) is 10.6 Å². The molecule has 0 bridgehead atoms. The standard InChI is InChI=1S/C15H27N3O2/c1-6-11(7-2)12-8-13(20-18-12)14(19)17-15(5,9-16)10(3)4/h8,10-11H,6-7,9,16H2,1-5H3,(H,17,19). The maximum absolute atomic E-state index is 12.2. The van der Waals surface area contributed by atoms with E-state index >= 15 is 0 Å². The second-order valence-corrected chi connectivity index (χ2v) is 5.86. The molecule has 0 saturated heterocycles. The van der Waals surface area contributed by atoms with Crippen molar-refractivity contribution in [3.05, 3.63) is 17.5 Å². The molecule has 1 aromatic rings. The highest BCUT2D eigenvalue weighted by atomic mass is 16.5. The van der Waals surface area contributed by atoms with Crippen LogP contribution in [0.1, 0.15) is 69.6 Å². The van der Waals surface area contributed by atoms with Crippen LogP contribution in [0.5, 0.6) is 0 Å². The van der Waals surface area contributed by atoms with E-state index in [2.05, 4.69) is 24.3 Å². The number of aromatic nitrogens is 1. The summed E-state index contributed by atoms with van der Waals surface area (Å²) in [6.07, 6.45) is 1.97. The third-order valence-corrected chi connectivity index (χ3v) is 4.25. The van der Waals surface area contributed by atoms with Gasteiger partial charge in [-0.3, -0.25) is 4.79 Å². The summed E-state index contributed by atoms with van der Waals surface area (Å²) in [6, 6.07) is 1.74. The van der Waals surface area contributed by atoms with Crippen molar-refractivity contribution in [2.75, 3.05) is 6.54 Å². The molecular weight excluding hydrogens is 254 g/mol. The van der Waals surface area contributed by atoms with E-state index < -0.39 is 5.54 Å². The summed E-state index contributed by atoms with van der Waals surface area (Å²) in [5.74, 6) is 0.577. The average molecular weight is 281 g/mol. The van der Waals surface area contributed by atoms with Gasteiger partial charge in [0.2, 0.25) is 5.76 Å². The van der Waals surface area contributed by atoms with Crippen LogP contribution >= 0.6 is 0 Å². The van der Waals surface area contributed by atoms with Gasteiger partial charge in [-0.2, -0.15) is 0 Å². The molecule has 5 nitrogen and oxygen atoms in total. The summed E-state index contributed by atoms with van der Waals surface area (Å²) >= 11 is 0. The monoisotopic (exact) mass is 281 g/mol. The molecule has 0 aliphatic heterocycles. The van der Waals surface area contributed by atoms with Gasteiger partial charge in [-0.15, -0.1) is 0 Å². The minimum atomic E-state index is -0.445. The minimum Gasteiger partial charge on any atom is -0.351 e. The second-order valence-electron chi connectivity index (χ2n) is 5.86. The Morgan fingerprint density at radius 1 is 1.45 bits per heavy atom. The van der Waals surface area contributed by atoms with Crippen molar-refractivity contribution in [3.8, 4) is 0 Å². The number of nitrogens with one attached hydrogen (secondary N) is 1. The number of amides is 1. The molecule has 0 radical (unpaired) electrons. The molecule has 0 aromatic carbocycles. The van der Waals surface area contributed by atoms with E-state index in [9.17, 15) is 4.79 Å². The number of rotatable bonds is 7. The first kappa shape index (κ1) is 16.7. The summed E-state index contributed by atoms with van der Waals surface area (Å²) < 4.78 is 5.18. The summed E-state index contributed by atoms with van der Waals surface area (Å²) in [6.45, 7) is 10.6. The van der Waals surface area contributed by atoms with Crippen LogP contribution in [-0.4, -0.2) is 23.1 Å². The first-order chi connectivity index (χ1) is 9.37. The average Bonchev–Trinajstić information content (AvgIpc) is 2.89. The SMILES string of the molecule is CCC(CC)c1cc(C(=O)NC(C)(CN)C(C)C)on1. The predicted octanol–water partition coefficient (Wildman–Crippen LogP) is 2.68. The Morgan fingerprint density at radius 3 is 2.50 bits per heavy atom. The van der Waals surface area contributed by atoms with E-state index in [1.165, 1.54) is 0 Å². The van der Waals surface area contributed by atoms with Crippen LogP contribution in [0.25, 0.3) is 0 Å². The van der Waals surface area contributed by atoms with E-state index in [-0.39, 0.29) is 17.6 Å². The van der Waals surface area contributed by atoms with Crippen molar-refractivity contribution in [2.45, 2.75) is 58.9 Å². The van der Waals surface area contributed by atoms with E-state index in [0.717, 1.165) is 18.5 Å². The second kappa shape index (κ2) is 6.88. The molecule has 1 unspecified atom stereocenters. The molecule has 0 spiro atoms. The number of carbonyl (C=O) groups excluding carboxylic acids is 1. The topological polar surface area (TPSA) is 81.2 Å². The number of carbonyl (C=O) groups is 1. The molecule has 5 heteroatoms. The van der Waals surface area contributed by atoms with Crippen LogP contribution in [0.2, 0.25) is 0 Å². The molecule has 1 heterocycles. The van der Waals surface area contributed by atoms with Gasteiger partial charge >= 0.3 is 0 Å². The minimum absolute atomic E-state index is 0.234. The highest BCUT2D eigenvalue weighted by Gasteiger charge is 2.30. The largest absolute Gasteiger partial charge is 0.351 e. The highest BCUT2D eigenvalue weighted by molar-refractivity contribution is 5.92. The van der Waals surface area contributed by atoms with E-state index in [1.807, 2.05) is 20.8 Å². The molecule has 0 aliphatic carbocycles. The first-order valence-corrected chi connectivity index (χ1v) is 7.37. The predicted molar refractivity (Wildman–Crippen MR) is 79.6 cm³/mol. The zero-order chi connectivity index (χ0) is 15.3. The fourth-order valence-electron chi connectivity index (χ4n) is 2.05. The number of hydrogen-bond donors (Lipinski definition) is 2. The van der Waals surface area contributed by atoms with Gasteiger partial charge in [0.1, 0.15) is 0 Å². The fraction of sp³-hybridized carbons (Fsp3) is 0.733. The Bertz CT molecular complexity index is 438. The highest BCUT2D eigenvalue weighted by Crippen LogP contribution is 2.23. The Kier molecular flexibility index (Phi) is 5.74. The van der Waals surface area contributed by atoms with Gasteiger partial charge in [-0.1, -0.05) is 32.9 Å². The van der Waals surface area contributed by atoms with E-state index in [0.29, 0.717) is 12.5 Å². The molecule has 0 aliphatic rings. The summed E-state index contributed by atoms with van der Waals surface area (Å²) in [5, 5.41) is 6.96. The number of nitrogens with two attached hydrogens (primary N) is 1. The quantitative estimate of drug-likeness (QED) is 0.805. The molecule has 114 valence electrons. The smallest absolute Gasteiger partial charge is 0.290 e. The Hall–Kier alpha value is -1.36. The van der Waals surface area contributed by atoms with Crippen LogP contribution < -0.4 is 11.1 Å². The van der Waals surface area contributed by atoms with Gasteiger partial charge in [0.05, 0.1) is 11.2 Å². The first-order valence-electron chi connectivity index (χ1n) is 7.37. The van der Waals surface area contributed by atoms with Crippen LogP contribution in [0.4, 0.5) is 0 Å². The summed E-state index contributed by atoms with van der Waals surface area (Å²) in [4.78, 5) is 12.2. The summed E-state index contributed by atoms with van der Waals surface area (Å²) in [7, 11) is 0. The zero-order valence-electron chi connectivity index (χ0n) is 13.2. The fourth-order valence-corrected chi connectivity index (χ4v) is 2.05. The molecule has 1 rings (SSSR count). The Labute approximate surface area is 121 Å². The summed E-state index contributed by atoms with van der Waals surface area (Å²) in [5.41, 5.74) is 6.17. The third-order valence-electron chi connectivity index (χ3n) is 4.25. The van der Waals surface area contributed by atoms with Gasteiger partial charge in [0.25, 0.3) is 5.91 Å². The molecule has 1 amide bonds. The van der Waals surface area contributed by atoms with Gasteiger partial charge in [0, 0.05) is 18.5 Å². The van der Waals surface area contributed by atoms with Crippen molar-refractivity contribution in [2.24, 2.45) is 11.7 Å². The van der Waals surface area contributed by atoms with Crippen molar-refractivity contribution in [1.82, 2.24) is 10.5 Å². The lowest BCUT2D eigenvalue weighted by Gasteiger charge is -2.33. The third kappa shape index (κ3) is 3.60. The lowest BCUT2D eigenvalue weighted by atomic mass is 9.88. The van der Waals surface area contributed by atoms with Gasteiger partial charge < -0.3 is 15.6 Å². The molecule has 1 aromatic heterocycles. The van der Waals surface area contributed by atoms with Crippen LogP contribution in [-0.2, 0) is 0 Å². The number of nitrogens with zero attached hydrogens (tertiary/aromatic N) is 1. The molecule has 3 N–H and O–H groups in total. The van der Waals surface area contributed by atoms with Gasteiger partial charge in [-0.05, 0) is 25.7 Å². The van der Waals surface area contributed by atoms with E-state index in [4.69, 9.17) is 10.3 Å². The molecule has 0 saturated carbocycles. The number of hydrogen-bond acceptors (Lipinski definition) is 4. The van der Waals surface area contributed by atoms with Gasteiger partial charge in [0.15, 0.2) is 0 Å². The maximum atomic E-state index is 12.2. The lowest BCUT2D eigenvalue weighted by Crippen LogP contribution is -2.54. The molecular formula is C15H27N3O2. The lowest BCUT2D eigenvalue weighted by molar-refractivity contribution is 0.0845. The van der Waals surface area contributed by atoms with Crippen molar-refractivity contribution in [3.63, 3.8) is 0 Å². The van der Waals surface area contributed by atoms with Crippen LogP contribution in [0.3, 0.4) is 0 Å². The van der Waals surface area contributed by atoms with Crippen molar-refractivity contribution in [1.29, 1.82) is 0 Å². The van der Waals surface area contributed by atoms with Gasteiger partial charge in [-0.25, -0.2) is 0 Å². The Morgan fingerprint density at radius 2 is 2.05 bits per heavy atom. The molecule has 20 heavy (non-hydrogen) atoms. The van der Waals surface area contributed by atoms with Crippen LogP contribution in [0, 0.1) is 5.92 Å². The maximum Gasteiger partial charge on any atom is 0.290 e. The molecule has 1 atom stereocenters. The molecule has 0 fully saturated rings. The zero-order valence-corrected chi connectivity index (χ0v) is 13.2.